The minimum Gasteiger partial charge on any atom is -0.480 e. The molecule has 0 aromatic heterocycles. The number of nitrogens with one attached hydrogen (secondary N) is 2. The number of amides is 1. The predicted octanol–water partition coefficient (Wildman–Crippen LogP) is -0.526. The van der Waals surface area contributed by atoms with Gasteiger partial charge in [0, 0.05) is 0 Å². The van der Waals surface area contributed by atoms with E-state index in [0.717, 1.165) is 5.56 Å². The Labute approximate surface area is 110 Å². The number of hydrogen-bond acceptors (Lipinski definition) is 4. The summed E-state index contributed by atoms with van der Waals surface area (Å²) in [5.41, 5.74) is 0.915. The Morgan fingerprint density at radius 2 is 1.74 bits per heavy atom. The van der Waals surface area contributed by atoms with E-state index in [-0.39, 0.29) is 4.90 Å². The molecular weight excluding hydrogens is 272 g/mol. The zero-order valence-corrected chi connectivity index (χ0v) is 11.0. The van der Waals surface area contributed by atoms with E-state index in [4.69, 9.17) is 5.11 Å². The molecule has 104 valence electrons. The van der Waals surface area contributed by atoms with Crippen LogP contribution in [0.25, 0.3) is 0 Å². The van der Waals surface area contributed by atoms with Gasteiger partial charge >= 0.3 is 5.97 Å². The van der Waals surface area contributed by atoms with Crippen LogP contribution in [0, 0.1) is 6.92 Å². The fourth-order valence-electron chi connectivity index (χ4n) is 1.20. The summed E-state index contributed by atoms with van der Waals surface area (Å²) in [6.45, 7) is 0.762. The normalized spacial score (nSPS) is 11.0. The molecule has 0 fully saturated rings. The van der Waals surface area contributed by atoms with Crippen LogP contribution < -0.4 is 10.0 Å². The van der Waals surface area contributed by atoms with Crippen molar-refractivity contribution in [3.8, 4) is 0 Å². The molecule has 7 nitrogen and oxygen atoms in total. The van der Waals surface area contributed by atoms with Crippen molar-refractivity contribution in [3.63, 3.8) is 0 Å². The first kappa shape index (κ1) is 15.1. The summed E-state index contributed by atoms with van der Waals surface area (Å²) in [6, 6.07) is 6.12. The molecule has 0 aliphatic carbocycles. The van der Waals surface area contributed by atoms with Gasteiger partial charge in [-0.3, -0.25) is 9.59 Å². The Bertz CT molecular complexity index is 565. The molecule has 1 aromatic carbocycles. The van der Waals surface area contributed by atoms with Gasteiger partial charge in [-0.1, -0.05) is 17.7 Å². The van der Waals surface area contributed by atoms with Gasteiger partial charge in [0.25, 0.3) is 0 Å². The van der Waals surface area contributed by atoms with Gasteiger partial charge in [-0.25, -0.2) is 13.1 Å². The lowest BCUT2D eigenvalue weighted by Gasteiger charge is -2.07. The van der Waals surface area contributed by atoms with Crippen molar-refractivity contribution >= 4 is 21.9 Å². The third-order valence-electron chi connectivity index (χ3n) is 2.19. The second-order valence-corrected chi connectivity index (χ2v) is 5.58. The molecule has 0 bridgehead atoms. The summed E-state index contributed by atoms with van der Waals surface area (Å²) < 4.78 is 25.6. The van der Waals surface area contributed by atoms with Crippen LogP contribution in [-0.2, 0) is 19.6 Å². The van der Waals surface area contributed by atoms with Gasteiger partial charge in [0.15, 0.2) is 0 Å². The lowest BCUT2D eigenvalue weighted by Crippen LogP contribution is -2.38. The highest BCUT2D eigenvalue weighted by atomic mass is 32.2. The smallest absolute Gasteiger partial charge is 0.322 e. The number of carbonyl (C=O) groups excluding carboxylic acids is 1. The van der Waals surface area contributed by atoms with Gasteiger partial charge in [-0.2, -0.15) is 0 Å². The van der Waals surface area contributed by atoms with Crippen LogP contribution in [0.4, 0.5) is 0 Å². The van der Waals surface area contributed by atoms with Crippen LogP contribution in [0.5, 0.6) is 0 Å². The topological polar surface area (TPSA) is 113 Å². The molecule has 1 amide bonds. The van der Waals surface area contributed by atoms with Gasteiger partial charge in [-0.05, 0) is 19.1 Å². The zero-order valence-electron chi connectivity index (χ0n) is 10.2. The number of sulfonamides is 1. The molecule has 0 unspecified atom stereocenters. The van der Waals surface area contributed by atoms with Crippen LogP contribution in [-0.4, -0.2) is 38.5 Å². The molecular formula is C11H14N2O5S. The number of carboxylic acid groups (broad SMARTS) is 1. The van der Waals surface area contributed by atoms with E-state index in [0.29, 0.717) is 0 Å². The molecule has 3 N–H and O–H groups in total. The number of rotatable bonds is 6. The van der Waals surface area contributed by atoms with E-state index in [2.05, 4.69) is 4.72 Å². The highest BCUT2D eigenvalue weighted by Gasteiger charge is 2.15. The summed E-state index contributed by atoms with van der Waals surface area (Å²) in [5, 5.41) is 10.4. The molecule has 1 aromatic rings. The lowest BCUT2D eigenvalue weighted by atomic mass is 10.2. The first-order valence-electron chi connectivity index (χ1n) is 5.36. The van der Waals surface area contributed by atoms with Crippen molar-refractivity contribution in [1.82, 2.24) is 10.0 Å². The summed E-state index contributed by atoms with van der Waals surface area (Å²) >= 11 is 0. The molecule has 0 heterocycles. The fraction of sp³-hybridized carbons (Fsp3) is 0.273. The van der Waals surface area contributed by atoms with E-state index in [1.165, 1.54) is 12.1 Å². The van der Waals surface area contributed by atoms with Crippen molar-refractivity contribution < 1.29 is 23.1 Å². The molecule has 0 saturated carbocycles. The van der Waals surface area contributed by atoms with Crippen molar-refractivity contribution in [1.29, 1.82) is 0 Å². The summed E-state index contributed by atoms with van der Waals surface area (Å²) in [6.07, 6.45) is 0. The van der Waals surface area contributed by atoms with Crippen LogP contribution >= 0.6 is 0 Å². The molecule has 0 atom stereocenters. The minimum absolute atomic E-state index is 0.0455. The van der Waals surface area contributed by atoms with Crippen molar-refractivity contribution in [2.45, 2.75) is 11.8 Å². The predicted molar refractivity (Wildman–Crippen MR) is 67.0 cm³/mol. The fourth-order valence-corrected chi connectivity index (χ4v) is 2.18. The Hall–Kier alpha value is -1.93. The third-order valence-corrected chi connectivity index (χ3v) is 3.61. The van der Waals surface area contributed by atoms with E-state index in [9.17, 15) is 18.0 Å². The van der Waals surface area contributed by atoms with Crippen LogP contribution in [0.2, 0.25) is 0 Å². The van der Waals surface area contributed by atoms with Crippen LogP contribution in [0.15, 0.2) is 29.2 Å². The number of hydrogen-bond donors (Lipinski definition) is 3. The van der Waals surface area contributed by atoms with E-state index in [1.54, 1.807) is 12.1 Å². The number of aliphatic carboxylic acids is 1. The molecule has 0 saturated heterocycles. The van der Waals surface area contributed by atoms with Crippen molar-refractivity contribution in [2.24, 2.45) is 0 Å². The molecule has 1 rings (SSSR count). The van der Waals surface area contributed by atoms with E-state index >= 15 is 0 Å². The number of benzene rings is 1. The zero-order chi connectivity index (χ0) is 14.5. The molecule has 0 aliphatic rings. The number of carboxylic acids is 1. The second kappa shape index (κ2) is 6.30. The largest absolute Gasteiger partial charge is 0.480 e. The molecule has 0 radical (unpaired) electrons. The maximum Gasteiger partial charge on any atom is 0.322 e. The second-order valence-electron chi connectivity index (χ2n) is 3.81. The maximum atomic E-state index is 11.8. The van der Waals surface area contributed by atoms with Gasteiger partial charge in [0.2, 0.25) is 15.9 Å². The van der Waals surface area contributed by atoms with E-state index in [1.807, 2.05) is 12.2 Å². The van der Waals surface area contributed by atoms with Gasteiger partial charge in [-0.15, -0.1) is 0 Å². The average molecular weight is 286 g/mol. The van der Waals surface area contributed by atoms with Crippen molar-refractivity contribution in [2.75, 3.05) is 13.1 Å². The quantitative estimate of drug-likeness (QED) is 0.651. The lowest BCUT2D eigenvalue weighted by molar-refractivity contribution is -0.137. The van der Waals surface area contributed by atoms with Crippen molar-refractivity contribution in [3.05, 3.63) is 29.8 Å². The monoisotopic (exact) mass is 286 g/mol. The highest BCUT2D eigenvalue weighted by Crippen LogP contribution is 2.09. The third kappa shape index (κ3) is 5.06. The molecule has 8 heteroatoms. The minimum atomic E-state index is -3.77. The molecule has 0 aliphatic heterocycles. The summed E-state index contributed by atoms with van der Waals surface area (Å²) in [7, 11) is -3.77. The maximum absolute atomic E-state index is 11.8. The average Bonchev–Trinajstić information content (AvgIpc) is 2.34. The first-order valence-corrected chi connectivity index (χ1v) is 6.84. The van der Waals surface area contributed by atoms with E-state index < -0.39 is 35.0 Å². The molecule has 0 spiro atoms. The Kier molecular flexibility index (Phi) is 5.02. The first-order chi connectivity index (χ1) is 8.81. The standard InChI is InChI=1S/C11H14N2O5S/c1-8-2-4-9(5-3-8)19(17,18)13-6-10(14)12-7-11(15)16/h2-5,13H,6-7H2,1H3,(H,12,14)(H,15,16). The number of carbonyl (C=O) groups is 2. The molecule has 19 heavy (non-hydrogen) atoms. The van der Waals surface area contributed by atoms with Gasteiger partial charge in [0.05, 0.1) is 11.4 Å². The number of aryl methyl sites for hydroxylation is 1. The Morgan fingerprint density at radius 3 is 2.26 bits per heavy atom. The van der Waals surface area contributed by atoms with Crippen LogP contribution in [0.3, 0.4) is 0 Å². The Balaban J connectivity index is 2.58. The summed E-state index contributed by atoms with van der Waals surface area (Å²) in [5.74, 6) is -1.91. The highest BCUT2D eigenvalue weighted by molar-refractivity contribution is 7.89. The Morgan fingerprint density at radius 1 is 1.16 bits per heavy atom. The SMILES string of the molecule is Cc1ccc(S(=O)(=O)NCC(=O)NCC(=O)O)cc1. The van der Waals surface area contributed by atoms with Crippen LogP contribution in [0.1, 0.15) is 5.56 Å². The van der Waals surface area contributed by atoms with Gasteiger partial charge in [0.1, 0.15) is 6.54 Å². The summed E-state index contributed by atoms with van der Waals surface area (Å²) in [4.78, 5) is 21.4. The van der Waals surface area contributed by atoms with Gasteiger partial charge < -0.3 is 10.4 Å².